The van der Waals surface area contributed by atoms with Crippen LogP contribution in [-0.2, 0) is 0 Å². The number of benzene rings is 2. The van der Waals surface area contributed by atoms with E-state index < -0.39 is 0 Å². The molecule has 0 radical (unpaired) electrons. The van der Waals surface area contributed by atoms with Crippen LogP contribution >= 0.6 is 11.3 Å². The van der Waals surface area contributed by atoms with E-state index in [0.717, 1.165) is 10.2 Å². The molecule has 0 saturated carbocycles. The normalized spacial score (nSPS) is 10.4. The summed E-state index contributed by atoms with van der Waals surface area (Å²) in [6.07, 6.45) is 0. The number of nitrogens with zero attached hydrogens (tertiary/aromatic N) is 1. The second-order valence-electron chi connectivity index (χ2n) is 3.74. The molecular formula is C14H9NO2S. The van der Waals surface area contributed by atoms with E-state index in [0.29, 0.717) is 11.3 Å². The van der Waals surface area contributed by atoms with Gasteiger partial charge in [-0.3, -0.25) is 0 Å². The molecule has 2 aromatic carbocycles. The first-order valence-corrected chi connectivity index (χ1v) is 6.31. The van der Waals surface area contributed by atoms with Gasteiger partial charge in [0.05, 0.1) is 21.3 Å². The van der Waals surface area contributed by atoms with Gasteiger partial charge in [0, 0.05) is 0 Å². The highest BCUT2D eigenvalue weighted by atomic mass is 32.1. The van der Waals surface area contributed by atoms with E-state index in [9.17, 15) is 4.79 Å². The third kappa shape index (κ3) is 2.10. The zero-order valence-corrected chi connectivity index (χ0v) is 10.2. The Hall–Kier alpha value is -2.20. The van der Waals surface area contributed by atoms with Gasteiger partial charge in [-0.15, -0.1) is 11.3 Å². The maximum absolute atomic E-state index is 11.9. The van der Waals surface area contributed by atoms with Gasteiger partial charge in [0.2, 0.25) is 0 Å². The van der Waals surface area contributed by atoms with Crippen molar-refractivity contribution in [2.75, 3.05) is 0 Å². The Morgan fingerprint density at radius 3 is 2.78 bits per heavy atom. The number of thiazole rings is 1. The molecule has 3 nitrogen and oxygen atoms in total. The van der Waals surface area contributed by atoms with Crippen molar-refractivity contribution in [3.8, 4) is 5.75 Å². The average molecular weight is 255 g/mol. The van der Waals surface area contributed by atoms with Crippen LogP contribution in [0.25, 0.3) is 10.2 Å². The molecule has 0 amide bonds. The standard InChI is InChI=1S/C14H9NO2S/c16-14(17-11-4-2-1-3-5-11)10-6-7-12-13(8-10)18-9-15-12/h1-9H. The number of carbonyl (C=O) groups excluding carboxylic acids is 1. The van der Waals surface area contributed by atoms with Gasteiger partial charge in [-0.2, -0.15) is 0 Å². The van der Waals surface area contributed by atoms with Crippen molar-refractivity contribution in [1.82, 2.24) is 4.98 Å². The fourth-order valence-electron chi connectivity index (χ4n) is 1.64. The highest BCUT2D eigenvalue weighted by Gasteiger charge is 2.09. The van der Waals surface area contributed by atoms with Crippen molar-refractivity contribution in [2.24, 2.45) is 0 Å². The molecule has 88 valence electrons. The van der Waals surface area contributed by atoms with Gasteiger partial charge < -0.3 is 4.74 Å². The summed E-state index contributed by atoms with van der Waals surface area (Å²) >= 11 is 1.51. The lowest BCUT2D eigenvalue weighted by Crippen LogP contribution is -2.07. The smallest absolute Gasteiger partial charge is 0.343 e. The lowest BCUT2D eigenvalue weighted by atomic mass is 10.2. The summed E-state index contributed by atoms with van der Waals surface area (Å²) in [7, 11) is 0. The third-order valence-electron chi connectivity index (χ3n) is 2.52. The van der Waals surface area contributed by atoms with Crippen LogP contribution in [0.3, 0.4) is 0 Å². The highest BCUT2D eigenvalue weighted by molar-refractivity contribution is 7.16. The largest absolute Gasteiger partial charge is 0.423 e. The Labute approximate surface area is 108 Å². The van der Waals surface area contributed by atoms with Crippen LogP contribution in [-0.4, -0.2) is 11.0 Å². The Morgan fingerprint density at radius 2 is 1.94 bits per heavy atom. The summed E-state index contributed by atoms with van der Waals surface area (Å²) < 4.78 is 6.25. The molecule has 4 heteroatoms. The van der Waals surface area contributed by atoms with Crippen molar-refractivity contribution < 1.29 is 9.53 Å². The predicted octanol–water partition coefficient (Wildman–Crippen LogP) is 3.52. The molecule has 1 aromatic heterocycles. The van der Waals surface area contributed by atoms with Crippen molar-refractivity contribution >= 4 is 27.5 Å². The molecule has 0 atom stereocenters. The van der Waals surface area contributed by atoms with Crippen LogP contribution in [0, 0.1) is 0 Å². The van der Waals surface area contributed by atoms with Gasteiger partial charge in [0.25, 0.3) is 0 Å². The van der Waals surface area contributed by atoms with Gasteiger partial charge in [0.1, 0.15) is 5.75 Å². The number of fused-ring (bicyclic) bond motifs is 1. The molecule has 3 rings (SSSR count). The highest BCUT2D eigenvalue weighted by Crippen LogP contribution is 2.20. The zero-order chi connectivity index (χ0) is 12.4. The molecule has 0 aliphatic heterocycles. The molecular weight excluding hydrogens is 246 g/mol. The molecule has 1 heterocycles. The number of para-hydroxylation sites is 1. The molecule has 0 aliphatic rings. The number of hydrogen-bond donors (Lipinski definition) is 0. The van der Waals surface area contributed by atoms with Gasteiger partial charge in [-0.05, 0) is 30.3 Å². The van der Waals surface area contributed by atoms with Crippen LogP contribution in [0.2, 0.25) is 0 Å². The summed E-state index contributed by atoms with van der Waals surface area (Å²) in [5.74, 6) is 0.198. The van der Waals surface area contributed by atoms with Crippen molar-refractivity contribution in [3.63, 3.8) is 0 Å². The summed E-state index contributed by atoms with van der Waals surface area (Å²) in [4.78, 5) is 16.1. The van der Waals surface area contributed by atoms with Crippen LogP contribution < -0.4 is 4.74 Å². The van der Waals surface area contributed by atoms with Crippen molar-refractivity contribution in [1.29, 1.82) is 0 Å². The summed E-state index contributed by atoms with van der Waals surface area (Å²) in [6, 6.07) is 14.4. The number of hydrogen-bond acceptors (Lipinski definition) is 4. The van der Waals surface area contributed by atoms with Gasteiger partial charge in [-0.1, -0.05) is 18.2 Å². The Bertz CT molecular complexity index is 691. The monoisotopic (exact) mass is 255 g/mol. The minimum absolute atomic E-state index is 0.350. The number of aromatic nitrogens is 1. The van der Waals surface area contributed by atoms with Crippen LogP contribution in [0.1, 0.15) is 10.4 Å². The average Bonchev–Trinajstić information content (AvgIpc) is 2.87. The molecule has 0 spiro atoms. The maximum Gasteiger partial charge on any atom is 0.343 e. The summed E-state index contributed by atoms with van der Waals surface area (Å²) in [5.41, 5.74) is 3.20. The molecule has 0 bridgehead atoms. The topological polar surface area (TPSA) is 39.2 Å². The molecule has 0 N–H and O–H groups in total. The van der Waals surface area contributed by atoms with E-state index >= 15 is 0 Å². The Kier molecular flexibility index (Phi) is 2.78. The van der Waals surface area contributed by atoms with E-state index in [1.807, 2.05) is 24.3 Å². The second kappa shape index (κ2) is 4.58. The van der Waals surface area contributed by atoms with E-state index in [-0.39, 0.29) is 5.97 Å². The van der Waals surface area contributed by atoms with E-state index in [4.69, 9.17) is 4.74 Å². The van der Waals surface area contributed by atoms with Gasteiger partial charge in [0.15, 0.2) is 0 Å². The Balaban J connectivity index is 1.87. The minimum Gasteiger partial charge on any atom is -0.423 e. The fourth-order valence-corrected chi connectivity index (χ4v) is 2.35. The van der Waals surface area contributed by atoms with Crippen LogP contribution in [0.4, 0.5) is 0 Å². The van der Waals surface area contributed by atoms with Gasteiger partial charge in [-0.25, -0.2) is 9.78 Å². The minimum atomic E-state index is -0.350. The number of esters is 1. The zero-order valence-electron chi connectivity index (χ0n) is 9.37. The summed E-state index contributed by atoms with van der Waals surface area (Å²) in [6.45, 7) is 0. The Morgan fingerprint density at radius 1 is 1.11 bits per heavy atom. The van der Waals surface area contributed by atoms with E-state index in [1.54, 1.807) is 29.8 Å². The lowest BCUT2D eigenvalue weighted by Gasteiger charge is -2.03. The third-order valence-corrected chi connectivity index (χ3v) is 3.31. The van der Waals surface area contributed by atoms with Gasteiger partial charge >= 0.3 is 5.97 Å². The lowest BCUT2D eigenvalue weighted by molar-refractivity contribution is 0.0735. The number of rotatable bonds is 2. The first-order valence-electron chi connectivity index (χ1n) is 5.43. The predicted molar refractivity (Wildman–Crippen MR) is 71.0 cm³/mol. The summed E-state index contributed by atoms with van der Waals surface area (Å²) in [5, 5.41) is 0. The van der Waals surface area contributed by atoms with E-state index in [2.05, 4.69) is 4.98 Å². The van der Waals surface area contributed by atoms with Crippen LogP contribution in [0.5, 0.6) is 5.75 Å². The molecule has 3 aromatic rings. The van der Waals surface area contributed by atoms with Crippen molar-refractivity contribution in [2.45, 2.75) is 0 Å². The SMILES string of the molecule is O=C(Oc1ccccc1)c1ccc2ncsc2c1. The first kappa shape index (κ1) is 10.9. The maximum atomic E-state index is 11.9. The number of ether oxygens (including phenoxy) is 1. The molecule has 0 aliphatic carbocycles. The first-order chi connectivity index (χ1) is 8.83. The number of carbonyl (C=O) groups is 1. The quantitative estimate of drug-likeness (QED) is 0.519. The van der Waals surface area contributed by atoms with Crippen molar-refractivity contribution in [3.05, 3.63) is 59.6 Å². The van der Waals surface area contributed by atoms with E-state index in [1.165, 1.54) is 11.3 Å². The molecule has 18 heavy (non-hydrogen) atoms. The van der Waals surface area contributed by atoms with Crippen LogP contribution in [0.15, 0.2) is 54.0 Å². The second-order valence-corrected chi connectivity index (χ2v) is 4.62. The molecule has 0 saturated heterocycles. The molecule has 0 fully saturated rings. The fraction of sp³-hybridized carbons (Fsp3) is 0. The molecule has 0 unspecified atom stereocenters.